The summed E-state index contributed by atoms with van der Waals surface area (Å²) in [4.78, 5) is 37.7. The van der Waals surface area contributed by atoms with Crippen molar-refractivity contribution >= 4 is 29.0 Å². The number of rotatable bonds is 3. The number of nitrogens with zero attached hydrogens (tertiary/aromatic N) is 1. The Labute approximate surface area is 140 Å². The molecular weight excluding hydrogens is 304 g/mol. The lowest BCUT2D eigenvalue weighted by molar-refractivity contribution is -0.124. The molecule has 3 rings (SSSR count). The van der Waals surface area contributed by atoms with Crippen LogP contribution in [-0.4, -0.2) is 24.6 Å². The predicted octanol–water partition coefficient (Wildman–Crippen LogP) is 2.98. The van der Waals surface area contributed by atoms with Gasteiger partial charge < -0.3 is 10.2 Å². The molecule has 1 atom stereocenters. The van der Waals surface area contributed by atoms with Crippen LogP contribution in [0.5, 0.6) is 0 Å². The molecule has 0 radical (unpaired) electrons. The molecule has 5 nitrogen and oxygen atoms in total. The van der Waals surface area contributed by atoms with Gasteiger partial charge in [-0.25, -0.2) is 0 Å². The second kappa shape index (κ2) is 6.28. The van der Waals surface area contributed by atoms with Crippen LogP contribution in [0.1, 0.15) is 35.2 Å². The number of carbonyl (C=O) groups is 3. The fraction of sp³-hybridized carbons (Fsp3) is 0.211. The average Bonchev–Trinajstić information content (AvgIpc) is 2.58. The van der Waals surface area contributed by atoms with Crippen molar-refractivity contribution in [3.8, 4) is 0 Å². The predicted molar refractivity (Wildman–Crippen MR) is 92.3 cm³/mol. The maximum absolute atomic E-state index is 12.7. The van der Waals surface area contributed by atoms with Gasteiger partial charge in [-0.05, 0) is 42.8 Å². The van der Waals surface area contributed by atoms with Gasteiger partial charge in [-0.15, -0.1) is 0 Å². The van der Waals surface area contributed by atoms with E-state index in [4.69, 9.17) is 0 Å². The zero-order valence-corrected chi connectivity index (χ0v) is 13.6. The number of anilines is 2. The van der Waals surface area contributed by atoms with E-state index in [1.807, 2.05) is 24.3 Å². The Morgan fingerprint density at radius 3 is 2.42 bits per heavy atom. The third-order valence-electron chi connectivity index (χ3n) is 4.30. The van der Waals surface area contributed by atoms with Crippen LogP contribution in [0, 0.1) is 0 Å². The first kappa shape index (κ1) is 15.9. The molecule has 1 heterocycles. The van der Waals surface area contributed by atoms with E-state index in [1.54, 1.807) is 36.2 Å². The Morgan fingerprint density at radius 2 is 1.75 bits per heavy atom. The summed E-state index contributed by atoms with van der Waals surface area (Å²) < 4.78 is 0. The molecule has 1 aliphatic heterocycles. The first-order valence-electron chi connectivity index (χ1n) is 7.74. The van der Waals surface area contributed by atoms with Crippen molar-refractivity contribution in [2.75, 3.05) is 17.3 Å². The molecule has 0 fully saturated rings. The lowest BCUT2D eigenvalue weighted by Gasteiger charge is -2.30. The lowest BCUT2D eigenvalue weighted by Crippen LogP contribution is -2.37. The summed E-state index contributed by atoms with van der Waals surface area (Å²) >= 11 is 0. The first-order valence-corrected chi connectivity index (χ1v) is 7.74. The maximum Gasteiger partial charge on any atom is 0.232 e. The van der Waals surface area contributed by atoms with Crippen molar-refractivity contribution in [2.24, 2.45) is 0 Å². The van der Waals surface area contributed by atoms with Gasteiger partial charge in [0.25, 0.3) is 0 Å². The minimum absolute atomic E-state index is 0.0253. The van der Waals surface area contributed by atoms with Crippen LogP contribution in [0.15, 0.2) is 48.5 Å². The SMILES string of the molecule is CC(=O)c1ccc(NC(=O)C2CC(=O)N(C)c3ccccc32)cc1. The quantitative estimate of drug-likeness (QED) is 0.884. The van der Waals surface area contributed by atoms with Crippen LogP contribution in [0.25, 0.3) is 0 Å². The average molecular weight is 322 g/mol. The molecule has 0 bridgehead atoms. The standard InChI is InChI=1S/C19H18N2O3/c1-12(22)13-7-9-14(10-8-13)20-19(24)16-11-18(23)21(2)17-6-4-3-5-15(16)17/h3-10,16H,11H2,1-2H3,(H,20,24). The normalized spacial score (nSPS) is 16.5. The molecule has 0 aliphatic carbocycles. The van der Waals surface area contributed by atoms with Gasteiger partial charge in [0.15, 0.2) is 5.78 Å². The molecule has 1 aliphatic rings. The number of Topliss-reactive ketones (excluding diaryl/α,β-unsaturated/α-hetero) is 1. The number of nitrogens with one attached hydrogen (secondary N) is 1. The molecule has 0 saturated heterocycles. The van der Waals surface area contributed by atoms with Crippen molar-refractivity contribution in [1.82, 2.24) is 0 Å². The van der Waals surface area contributed by atoms with Gasteiger partial charge in [-0.2, -0.15) is 0 Å². The highest BCUT2D eigenvalue weighted by molar-refractivity contribution is 6.06. The van der Waals surface area contributed by atoms with Crippen molar-refractivity contribution in [3.63, 3.8) is 0 Å². The monoisotopic (exact) mass is 322 g/mol. The number of benzene rings is 2. The molecule has 122 valence electrons. The van der Waals surface area contributed by atoms with Gasteiger partial charge in [0.1, 0.15) is 0 Å². The van der Waals surface area contributed by atoms with Crippen LogP contribution in [0.3, 0.4) is 0 Å². The van der Waals surface area contributed by atoms with Crippen LogP contribution >= 0.6 is 0 Å². The summed E-state index contributed by atoms with van der Waals surface area (Å²) in [5, 5.41) is 2.83. The van der Waals surface area contributed by atoms with E-state index in [9.17, 15) is 14.4 Å². The summed E-state index contributed by atoms with van der Waals surface area (Å²) in [6.07, 6.45) is 0.144. The fourth-order valence-electron chi connectivity index (χ4n) is 2.90. The topological polar surface area (TPSA) is 66.5 Å². The number of hydrogen-bond donors (Lipinski definition) is 1. The van der Waals surface area contributed by atoms with E-state index in [0.29, 0.717) is 11.3 Å². The van der Waals surface area contributed by atoms with Crippen LogP contribution in [0.2, 0.25) is 0 Å². The molecule has 0 spiro atoms. The molecule has 2 aromatic rings. The van der Waals surface area contributed by atoms with Crippen molar-refractivity contribution < 1.29 is 14.4 Å². The van der Waals surface area contributed by atoms with Crippen LogP contribution < -0.4 is 10.2 Å². The number of carbonyl (C=O) groups excluding carboxylic acids is 3. The zero-order chi connectivity index (χ0) is 17.3. The Bertz CT molecular complexity index is 812. The smallest absolute Gasteiger partial charge is 0.232 e. The van der Waals surface area contributed by atoms with Crippen LogP contribution in [-0.2, 0) is 9.59 Å². The van der Waals surface area contributed by atoms with Crippen molar-refractivity contribution in [3.05, 3.63) is 59.7 Å². The van der Waals surface area contributed by atoms with E-state index < -0.39 is 5.92 Å². The molecule has 2 amide bonds. The summed E-state index contributed by atoms with van der Waals surface area (Å²) in [5.41, 5.74) is 2.81. The summed E-state index contributed by atoms with van der Waals surface area (Å²) in [7, 11) is 1.72. The Hall–Kier alpha value is -2.95. The van der Waals surface area contributed by atoms with Crippen molar-refractivity contribution in [1.29, 1.82) is 0 Å². The highest BCUT2D eigenvalue weighted by atomic mass is 16.2. The maximum atomic E-state index is 12.7. The third kappa shape index (κ3) is 2.93. The van der Waals surface area contributed by atoms with Crippen LogP contribution in [0.4, 0.5) is 11.4 Å². The largest absolute Gasteiger partial charge is 0.326 e. The number of hydrogen-bond acceptors (Lipinski definition) is 3. The molecule has 0 aromatic heterocycles. The minimum atomic E-state index is -0.516. The zero-order valence-electron chi connectivity index (χ0n) is 13.6. The molecule has 5 heteroatoms. The van der Waals surface area contributed by atoms with Gasteiger partial charge >= 0.3 is 0 Å². The molecule has 1 unspecified atom stereocenters. The first-order chi connectivity index (χ1) is 11.5. The third-order valence-corrected chi connectivity index (χ3v) is 4.30. The van der Waals surface area contributed by atoms with Gasteiger partial charge in [-0.1, -0.05) is 18.2 Å². The van der Waals surface area contributed by atoms with Gasteiger partial charge in [0.05, 0.1) is 5.92 Å². The number of ketones is 1. The summed E-state index contributed by atoms with van der Waals surface area (Å²) in [5.74, 6) is -0.847. The van der Waals surface area contributed by atoms with E-state index in [-0.39, 0.29) is 24.0 Å². The number of fused-ring (bicyclic) bond motifs is 1. The Kier molecular flexibility index (Phi) is 4.16. The highest BCUT2D eigenvalue weighted by Crippen LogP contribution is 2.35. The second-order valence-corrected chi connectivity index (χ2v) is 5.89. The summed E-state index contributed by atoms with van der Waals surface area (Å²) in [6.45, 7) is 1.49. The van der Waals surface area contributed by atoms with E-state index in [0.717, 1.165) is 11.3 Å². The molecule has 1 N–H and O–H groups in total. The molecule has 24 heavy (non-hydrogen) atoms. The van der Waals surface area contributed by atoms with Gasteiger partial charge in [-0.3, -0.25) is 14.4 Å². The van der Waals surface area contributed by atoms with Gasteiger partial charge in [0, 0.05) is 30.4 Å². The number of para-hydroxylation sites is 1. The molecule has 2 aromatic carbocycles. The summed E-state index contributed by atoms with van der Waals surface area (Å²) in [6, 6.07) is 14.2. The van der Waals surface area contributed by atoms with Gasteiger partial charge in [0.2, 0.25) is 11.8 Å². The van der Waals surface area contributed by atoms with Crippen molar-refractivity contribution in [2.45, 2.75) is 19.3 Å². The molecular formula is C19H18N2O3. The Balaban J connectivity index is 1.83. The minimum Gasteiger partial charge on any atom is -0.326 e. The van der Waals surface area contributed by atoms with E-state index in [1.165, 1.54) is 6.92 Å². The molecule has 0 saturated carbocycles. The van der Waals surface area contributed by atoms with E-state index >= 15 is 0 Å². The fourth-order valence-corrected chi connectivity index (χ4v) is 2.90. The van der Waals surface area contributed by atoms with E-state index in [2.05, 4.69) is 5.32 Å². The number of amides is 2. The lowest BCUT2D eigenvalue weighted by atomic mass is 9.89. The second-order valence-electron chi connectivity index (χ2n) is 5.89. The highest BCUT2D eigenvalue weighted by Gasteiger charge is 2.33. The Morgan fingerprint density at radius 1 is 1.08 bits per heavy atom.